The molecule has 0 unspecified atom stereocenters. The van der Waals surface area contributed by atoms with Gasteiger partial charge in [0.2, 0.25) is 0 Å². The van der Waals surface area contributed by atoms with E-state index in [1.54, 1.807) is 42.5 Å². The molecule has 0 saturated carbocycles. The quantitative estimate of drug-likeness (QED) is 0.263. The lowest BCUT2D eigenvalue weighted by atomic mass is 10.2. The largest absolute Gasteiger partial charge is 0.504 e. The molecule has 0 aromatic heterocycles. The molecule has 1 amide bonds. The number of nitrogens with zero attached hydrogens (tertiary/aromatic N) is 1. The summed E-state index contributed by atoms with van der Waals surface area (Å²) < 4.78 is 15.7. The number of esters is 1. The fraction of sp³-hybridized carbons (Fsp3) is 0.0870. The van der Waals surface area contributed by atoms with Gasteiger partial charge in [0, 0.05) is 5.56 Å². The van der Waals surface area contributed by atoms with Crippen molar-refractivity contribution in [3.63, 3.8) is 0 Å². The van der Waals surface area contributed by atoms with Crippen LogP contribution in [-0.2, 0) is 0 Å². The lowest BCUT2D eigenvalue weighted by molar-refractivity contribution is 0.0729. The van der Waals surface area contributed by atoms with Crippen molar-refractivity contribution < 1.29 is 28.9 Å². The Bertz CT molecular complexity index is 1110. The molecule has 31 heavy (non-hydrogen) atoms. The Kier molecular flexibility index (Phi) is 6.85. The van der Waals surface area contributed by atoms with E-state index in [1.807, 2.05) is 6.07 Å². The lowest BCUT2D eigenvalue weighted by Gasteiger charge is -2.10. The average Bonchev–Trinajstić information content (AvgIpc) is 2.80. The molecule has 0 spiro atoms. The number of hydrazone groups is 1. The molecule has 0 aliphatic rings. The second-order valence-electron chi connectivity index (χ2n) is 6.25. The molecule has 158 valence electrons. The summed E-state index contributed by atoms with van der Waals surface area (Å²) in [6, 6.07) is 17.7. The van der Waals surface area contributed by atoms with Crippen LogP contribution in [0.15, 0.2) is 71.8 Å². The topological polar surface area (TPSA) is 106 Å². The summed E-state index contributed by atoms with van der Waals surface area (Å²) in [6.45, 7) is 0. The molecular formula is C23H20N2O6. The van der Waals surface area contributed by atoms with E-state index >= 15 is 0 Å². The number of carbonyl (C=O) groups excluding carboxylic acids is 2. The second kappa shape index (κ2) is 9.93. The first kappa shape index (κ1) is 21.4. The molecule has 0 fully saturated rings. The number of aromatic hydroxyl groups is 1. The van der Waals surface area contributed by atoms with Crippen LogP contribution < -0.4 is 19.6 Å². The highest BCUT2D eigenvalue weighted by molar-refractivity contribution is 5.95. The maximum absolute atomic E-state index is 12.2. The molecule has 0 saturated heterocycles. The molecule has 0 bridgehead atoms. The van der Waals surface area contributed by atoms with Gasteiger partial charge in [-0.25, -0.2) is 10.2 Å². The van der Waals surface area contributed by atoms with Crippen molar-refractivity contribution in [2.75, 3.05) is 14.2 Å². The average molecular weight is 420 g/mol. The normalized spacial score (nSPS) is 10.5. The molecule has 0 atom stereocenters. The van der Waals surface area contributed by atoms with Crippen molar-refractivity contribution in [2.24, 2.45) is 5.10 Å². The Morgan fingerprint density at radius 1 is 0.871 bits per heavy atom. The van der Waals surface area contributed by atoms with Crippen LogP contribution in [0.4, 0.5) is 0 Å². The summed E-state index contributed by atoms with van der Waals surface area (Å²) in [5.74, 6) is -0.270. The van der Waals surface area contributed by atoms with Crippen molar-refractivity contribution in [3.8, 4) is 23.0 Å². The fourth-order valence-electron chi connectivity index (χ4n) is 2.63. The predicted octanol–water partition coefficient (Wildman–Crippen LogP) is 3.39. The minimum atomic E-state index is -0.503. The summed E-state index contributed by atoms with van der Waals surface area (Å²) in [7, 11) is 2.85. The summed E-state index contributed by atoms with van der Waals surface area (Å²) in [4.78, 5) is 24.4. The van der Waals surface area contributed by atoms with Crippen LogP contribution in [0.3, 0.4) is 0 Å². The zero-order chi connectivity index (χ0) is 22.2. The van der Waals surface area contributed by atoms with Crippen LogP contribution in [0.2, 0.25) is 0 Å². The maximum atomic E-state index is 12.2. The van der Waals surface area contributed by atoms with Crippen molar-refractivity contribution in [1.29, 1.82) is 0 Å². The molecule has 0 aliphatic heterocycles. The van der Waals surface area contributed by atoms with E-state index in [0.29, 0.717) is 16.9 Å². The first-order valence-corrected chi connectivity index (χ1v) is 9.17. The third-order valence-electron chi connectivity index (χ3n) is 4.22. The number of nitrogens with one attached hydrogen (secondary N) is 1. The van der Waals surface area contributed by atoms with Gasteiger partial charge in [-0.05, 0) is 54.1 Å². The summed E-state index contributed by atoms with van der Waals surface area (Å²) in [5, 5.41) is 13.5. The second-order valence-corrected chi connectivity index (χ2v) is 6.25. The standard InChI is InChI=1S/C23H20N2O6/c1-29-20-13-17(9-10-18(20)26)22(27)25-24-14-15-8-11-19(21(12-15)30-2)31-23(28)16-6-4-3-5-7-16/h3-14,26H,1-2H3,(H,25,27). The highest BCUT2D eigenvalue weighted by atomic mass is 16.6. The van der Waals surface area contributed by atoms with Crippen LogP contribution in [0.1, 0.15) is 26.3 Å². The van der Waals surface area contributed by atoms with Gasteiger partial charge in [0.25, 0.3) is 5.91 Å². The lowest BCUT2D eigenvalue weighted by Crippen LogP contribution is -2.17. The smallest absolute Gasteiger partial charge is 0.343 e. The van der Waals surface area contributed by atoms with Gasteiger partial charge in [-0.1, -0.05) is 18.2 Å². The van der Waals surface area contributed by atoms with Gasteiger partial charge in [0.1, 0.15) is 0 Å². The molecule has 8 nitrogen and oxygen atoms in total. The molecular weight excluding hydrogens is 400 g/mol. The number of hydrogen-bond donors (Lipinski definition) is 2. The minimum absolute atomic E-state index is 0.0669. The van der Waals surface area contributed by atoms with Gasteiger partial charge in [0.15, 0.2) is 23.0 Å². The third-order valence-corrected chi connectivity index (χ3v) is 4.22. The SMILES string of the molecule is COc1cc(C(=O)NN=Cc2ccc(OC(=O)c3ccccc3)c(OC)c2)ccc1O. The number of benzene rings is 3. The Balaban J connectivity index is 1.67. The Hall–Kier alpha value is -4.33. The Morgan fingerprint density at radius 2 is 1.61 bits per heavy atom. The van der Waals surface area contributed by atoms with Gasteiger partial charge < -0.3 is 19.3 Å². The number of carbonyl (C=O) groups is 2. The number of phenols is 1. The van der Waals surface area contributed by atoms with Crippen molar-refractivity contribution in [1.82, 2.24) is 5.43 Å². The maximum Gasteiger partial charge on any atom is 0.343 e. The molecule has 0 radical (unpaired) electrons. The molecule has 8 heteroatoms. The van der Waals surface area contributed by atoms with Gasteiger partial charge in [-0.2, -0.15) is 5.10 Å². The highest BCUT2D eigenvalue weighted by Gasteiger charge is 2.13. The van der Waals surface area contributed by atoms with E-state index in [4.69, 9.17) is 14.2 Å². The Morgan fingerprint density at radius 3 is 2.32 bits per heavy atom. The van der Waals surface area contributed by atoms with Crippen molar-refractivity contribution >= 4 is 18.1 Å². The van der Waals surface area contributed by atoms with Crippen LogP contribution in [0.5, 0.6) is 23.0 Å². The number of phenolic OH excluding ortho intramolecular Hbond substituents is 1. The van der Waals surface area contributed by atoms with Crippen LogP contribution in [-0.4, -0.2) is 37.4 Å². The summed E-state index contributed by atoms with van der Waals surface area (Å²) in [5.41, 5.74) is 3.69. The van der Waals surface area contributed by atoms with Crippen molar-refractivity contribution in [3.05, 3.63) is 83.4 Å². The van der Waals surface area contributed by atoms with E-state index in [-0.39, 0.29) is 22.8 Å². The van der Waals surface area contributed by atoms with Crippen molar-refractivity contribution in [2.45, 2.75) is 0 Å². The molecule has 2 N–H and O–H groups in total. The van der Waals surface area contributed by atoms with Crippen LogP contribution in [0.25, 0.3) is 0 Å². The molecule has 3 aromatic carbocycles. The van der Waals surface area contributed by atoms with Crippen LogP contribution in [0, 0.1) is 0 Å². The first-order valence-electron chi connectivity index (χ1n) is 9.17. The van der Waals surface area contributed by atoms with E-state index in [2.05, 4.69) is 10.5 Å². The number of hydrogen-bond acceptors (Lipinski definition) is 7. The van der Waals surface area contributed by atoms with E-state index < -0.39 is 11.9 Å². The van der Waals surface area contributed by atoms with Gasteiger partial charge in [0.05, 0.1) is 26.0 Å². The van der Waals surface area contributed by atoms with E-state index in [9.17, 15) is 14.7 Å². The number of ether oxygens (including phenoxy) is 3. The Labute approximate surface area is 178 Å². The monoisotopic (exact) mass is 420 g/mol. The molecule has 0 aliphatic carbocycles. The number of methoxy groups -OCH3 is 2. The number of rotatable bonds is 7. The van der Waals surface area contributed by atoms with E-state index in [0.717, 1.165) is 0 Å². The molecule has 3 rings (SSSR count). The summed E-state index contributed by atoms with van der Waals surface area (Å²) >= 11 is 0. The van der Waals surface area contributed by atoms with Gasteiger partial charge in [-0.15, -0.1) is 0 Å². The zero-order valence-corrected chi connectivity index (χ0v) is 16.9. The third kappa shape index (κ3) is 5.39. The molecule has 0 heterocycles. The van der Waals surface area contributed by atoms with Gasteiger partial charge in [-0.3, -0.25) is 4.79 Å². The molecule has 3 aromatic rings. The predicted molar refractivity (Wildman–Crippen MR) is 114 cm³/mol. The van der Waals surface area contributed by atoms with E-state index in [1.165, 1.54) is 38.6 Å². The zero-order valence-electron chi connectivity index (χ0n) is 16.9. The van der Waals surface area contributed by atoms with Crippen LogP contribution >= 0.6 is 0 Å². The highest BCUT2D eigenvalue weighted by Crippen LogP contribution is 2.28. The fourth-order valence-corrected chi connectivity index (χ4v) is 2.63. The number of amides is 1. The minimum Gasteiger partial charge on any atom is -0.504 e. The summed E-state index contributed by atoms with van der Waals surface area (Å²) in [6.07, 6.45) is 1.42. The first-order chi connectivity index (χ1) is 15.0. The van der Waals surface area contributed by atoms with Gasteiger partial charge >= 0.3 is 5.97 Å².